The summed E-state index contributed by atoms with van der Waals surface area (Å²) < 4.78 is 7.03. The molecule has 1 aromatic heterocycles. The Labute approximate surface area is 171 Å². The molecule has 0 spiro atoms. The number of rotatable bonds is 6. The molecular formula is C23H26N4O2. The van der Waals surface area contributed by atoms with Gasteiger partial charge in [-0.05, 0) is 42.7 Å². The van der Waals surface area contributed by atoms with E-state index in [4.69, 9.17) is 4.74 Å². The second-order valence-corrected chi connectivity index (χ2v) is 7.38. The number of anilines is 1. The van der Waals surface area contributed by atoms with Crippen LogP contribution in [0.3, 0.4) is 0 Å². The van der Waals surface area contributed by atoms with Crippen LogP contribution in [-0.4, -0.2) is 46.8 Å². The number of methoxy groups -OCH3 is 1. The fraction of sp³-hybridized carbons (Fsp3) is 0.304. The second kappa shape index (κ2) is 8.82. The molecule has 2 heterocycles. The summed E-state index contributed by atoms with van der Waals surface area (Å²) in [4.78, 5) is 14.9. The molecule has 0 saturated carbocycles. The molecule has 0 bridgehead atoms. The van der Waals surface area contributed by atoms with Crippen molar-refractivity contribution in [3.8, 4) is 5.75 Å². The topological polar surface area (TPSA) is 59.4 Å². The van der Waals surface area contributed by atoms with Crippen LogP contribution in [0.2, 0.25) is 0 Å². The Morgan fingerprint density at radius 1 is 1.17 bits per heavy atom. The van der Waals surface area contributed by atoms with Crippen LogP contribution in [0.1, 0.15) is 28.8 Å². The Bertz CT molecular complexity index is 937. The van der Waals surface area contributed by atoms with Crippen molar-refractivity contribution < 1.29 is 9.53 Å². The number of amides is 1. The smallest absolute Gasteiger partial charge is 0.257 e. The van der Waals surface area contributed by atoms with Gasteiger partial charge in [-0.15, -0.1) is 0 Å². The van der Waals surface area contributed by atoms with Crippen molar-refractivity contribution in [3.63, 3.8) is 0 Å². The van der Waals surface area contributed by atoms with E-state index in [0.29, 0.717) is 18.7 Å². The van der Waals surface area contributed by atoms with Gasteiger partial charge in [-0.1, -0.05) is 30.3 Å². The highest BCUT2D eigenvalue weighted by Crippen LogP contribution is 2.20. The summed E-state index contributed by atoms with van der Waals surface area (Å²) >= 11 is 0. The maximum absolute atomic E-state index is 13.0. The monoisotopic (exact) mass is 390 g/mol. The maximum atomic E-state index is 13.0. The molecule has 1 saturated heterocycles. The van der Waals surface area contributed by atoms with Gasteiger partial charge in [0.1, 0.15) is 5.75 Å². The van der Waals surface area contributed by atoms with E-state index >= 15 is 0 Å². The Hall–Kier alpha value is -3.28. The Morgan fingerprint density at radius 3 is 2.72 bits per heavy atom. The summed E-state index contributed by atoms with van der Waals surface area (Å²) in [5, 5.41) is 7.91. The third kappa shape index (κ3) is 4.77. The van der Waals surface area contributed by atoms with Gasteiger partial charge in [0, 0.05) is 31.0 Å². The van der Waals surface area contributed by atoms with Crippen molar-refractivity contribution >= 4 is 11.6 Å². The number of nitrogens with zero attached hydrogens (tertiary/aromatic N) is 3. The standard InChI is InChI=1S/C23H26N4O2/c1-29-22-11-9-20(10-12-22)25-21-8-5-13-26(17-21)23(28)19-14-24-27(16-19)15-18-6-3-2-4-7-18/h2-4,6-7,9-12,14,16,21,25H,5,8,13,15,17H2,1H3/t21-/m0/s1. The molecule has 0 radical (unpaired) electrons. The molecule has 4 rings (SSSR count). The third-order valence-electron chi connectivity index (χ3n) is 5.24. The first kappa shape index (κ1) is 19.1. The third-order valence-corrected chi connectivity index (χ3v) is 5.24. The van der Waals surface area contributed by atoms with E-state index in [0.717, 1.165) is 36.4 Å². The van der Waals surface area contributed by atoms with Crippen molar-refractivity contribution in [2.24, 2.45) is 0 Å². The lowest BCUT2D eigenvalue weighted by Gasteiger charge is -2.33. The summed E-state index contributed by atoms with van der Waals surface area (Å²) in [6.45, 7) is 2.13. The van der Waals surface area contributed by atoms with Gasteiger partial charge >= 0.3 is 0 Å². The molecule has 1 aliphatic rings. The number of carbonyl (C=O) groups is 1. The van der Waals surface area contributed by atoms with Crippen molar-refractivity contribution in [2.75, 3.05) is 25.5 Å². The Kier molecular flexibility index (Phi) is 5.79. The van der Waals surface area contributed by atoms with Crippen molar-refractivity contribution in [1.29, 1.82) is 0 Å². The first-order valence-corrected chi connectivity index (χ1v) is 9.97. The van der Waals surface area contributed by atoms with Gasteiger partial charge in [-0.25, -0.2) is 0 Å². The van der Waals surface area contributed by atoms with Crippen LogP contribution in [0.4, 0.5) is 5.69 Å². The second-order valence-electron chi connectivity index (χ2n) is 7.38. The molecule has 1 fully saturated rings. The van der Waals surface area contributed by atoms with Crippen LogP contribution in [0.25, 0.3) is 0 Å². The zero-order valence-corrected chi connectivity index (χ0v) is 16.6. The van der Waals surface area contributed by atoms with E-state index in [2.05, 4.69) is 22.5 Å². The van der Waals surface area contributed by atoms with E-state index < -0.39 is 0 Å². The maximum Gasteiger partial charge on any atom is 0.257 e. The normalized spacial score (nSPS) is 16.4. The Morgan fingerprint density at radius 2 is 1.97 bits per heavy atom. The summed E-state index contributed by atoms with van der Waals surface area (Å²) in [7, 11) is 1.66. The summed E-state index contributed by atoms with van der Waals surface area (Å²) in [5.41, 5.74) is 2.85. The number of piperidine rings is 1. The van der Waals surface area contributed by atoms with Crippen LogP contribution in [0.5, 0.6) is 5.75 Å². The number of hydrogen-bond acceptors (Lipinski definition) is 4. The average Bonchev–Trinajstić information content (AvgIpc) is 3.23. The van der Waals surface area contributed by atoms with E-state index in [-0.39, 0.29) is 11.9 Å². The van der Waals surface area contributed by atoms with Crippen molar-refractivity contribution in [3.05, 3.63) is 78.1 Å². The zero-order valence-electron chi connectivity index (χ0n) is 16.6. The van der Waals surface area contributed by atoms with Gasteiger partial charge in [0.25, 0.3) is 5.91 Å². The predicted molar refractivity (Wildman–Crippen MR) is 113 cm³/mol. The van der Waals surface area contributed by atoms with E-state index in [9.17, 15) is 4.79 Å². The van der Waals surface area contributed by atoms with Crippen LogP contribution >= 0.6 is 0 Å². The molecule has 6 nitrogen and oxygen atoms in total. The number of nitrogens with one attached hydrogen (secondary N) is 1. The molecule has 6 heteroatoms. The quantitative estimate of drug-likeness (QED) is 0.698. The number of hydrogen-bond donors (Lipinski definition) is 1. The van der Waals surface area contributed by atoms with Crippen LogP contribution in [-0.2, 0) is 6.54 Å². The van der Waals surface area contributed by atoms with Gasteiger partial charge in [0.2, 0.25) is 0 Å². The van der Waals surface area contributed by atoms with Crippen LogP contribution < -0.4 is 10.1 Å². The minimum atomic E-state index is 0.0468. The van der Waals surface area contributed by atoms with E-state index in [1.165, 1.54) is 0 Å². The molecule has 1 amide bonds. The van der Waals surface area contributed by atoms with Crippen LogP contribution in [0.15, 0.2) is 67.0 Å². The van der Waals surface area contributed by atoms with Crippen LogP contribution in [0, 0.1) is 0 Å². The molecular weight excluding hydrogens is 364 g/mol. The zero-order chi connectivity index (χ0) is 20.1. The molecule has 1 atom stereocenters. The fourth-order valence-corrected chi connectivity index (χ4v) is 3.72. The SMILES string of the molecule is COc1ccc(N[C@H]2CCCN(C(=O)c3cnn(Cc4ccccc4)c3)C2)cc1. The minimum absolute atomic E-state index is 0.0468. The lowest BCUT2D eigenvalue weighted by atomic mass is 10.0. The number of ether oxygens (including phenoxy) is 1. The molecule has 1 aliphatic heterocycles. The highest BCUT2D eigenvalue weighted by atomic mass is 16.5. The van der Waals surface area contributed by atoms with E-state index in [1.54, 1.807) is 13.3 Å². The molecule has 3 aromatic rings. The minimum Gasteiger partial charge on any atom is -0.497 e. The van der Waals surface area contributed by atoms with Crippen molar-refractivity contribution in [2.45, 2.75) is 25.4 Å². The highest BCUT2D eigenvalue weighted by Gasteiger charge is 2.25. The van der Waals surface area contributed by atoms with Crippen molar-refractivity contribution in [1.82, 2.24) is 14.7 Å². The number of aromatic nitrogens is 2. The summed E-state index contributed by atoms with van der Waals surface area (Å²) in [6.07, 6.45) is 5.54. The first-order chi connectivity index (χ1) is 14.2. The highest BCUT2D eigenvalue weighted by molar-refractivity contribution is 5.93. The fourth-order valence-electron chi connectivity index (χ4n) is 3.72. The lowest BCUT2D eigenvalue weighted by molar-refractivity contribution is 0.0714. The number of likely N-dealkylation sites (tertiary alicyclic amines) is 1. The molecule has 2 aromatic carbocycles. The van der Waals surface area contributed by atoms with Gasteiger partial charge in [0.05, 0.1) is 25.4 Å². The summed E-state index contributed by atoms with van der Waals surface area (Å²) in [5.74, 6) is 0.883. The molecule has 29 heavy (non-hydrogen) atoms. The van der Waals surface area contributed by atoms with Gasteiger partial charge in [-0.2, -0.15) is 5.10 Å². The first-order valence-electron chi connectivity index (χ1n) is 9.97. The van der Waals surface area contributed by atoms with Gasteiger partial charge in [0.15, 0.2) is 0 Å². The Balaban J connectivity index is 1.37. The largest absolute Gasteiger partial charge is 0.497 e. The predicted octanol–water partition coefficient (Wildman–Crippen LogP) is 3.66. The molecule has 0 unspecified atom stereocenters. The lowest BCUT2D eigenvalue weighted by Crippen LogP contribution is -2.45. The molecule has 1 N–H and O–H groups in total. The number of carbonyl (C=O) groups excluding carboxylic acids is 1. The molecule has 0 aliphatic carbocycles. The average molecular weight is 390 g/mol. The van der Waals surface area contributed by atoms with E-state index in [1.807, 2.05) is 58.2 Å². The summed E-state index contributed by atoms with van der Waals surface area (Å²) in [6, 6.07) is 18.3. The number of benzene rings is 2. The molecule has 150 valence electrons. The van der Waals surface area contributed by atoms with Gasteiger partial charge in [-0.3, -0.25) is 9.48 Å². The van der Waals surface area contributed by atoms with Gasteiger partial charge < -0.3 is 15.0 Å².